The van der Waals surface area contributed by atoms with Crippen molar-refractivity contribution in [1.29, 1.82) is 0 Å². The number of aliphatic hydroxyl groups excluding tert-OH is 1. The number of piperazine rings is 1. The number of aliphatic imine (C=N–C) groups is 1. The first kappa shape index (κ1) is 27.7. The molecule has 3 aromatic rings. The first-order valence-corrected chi connectivity index (χ1v) is 14.7. The van der Waals surface area contributed by atoms with E-state index in [1.165, 1.54) is 0 Å². The number of aromatic nitrogens is 1. The van der Waals surface area contributed by atoms with Crippen LogP contribution in [0.1, 0.15) is 43.0 Å². The van der Waals surface area contributed by atoms with Crippen LogP contribution in [0, 0.1) is 17.6 Å². The van der Waals surface area contributed by atoms with Crippen molar-refractivity contribution in [2.75, 3.05) is 32.5 Å². The molecule has 1 aliphatic carbocycles. The van der Waals surface area contributed by atoms with Crippen LogP contribution < -0.4 is 11.1 Å². The highest BCUT2D eigenvalue weighted by Gasteiger charge is 2.45. The number of rotatable bonds is 4. The Bertz CT molecular complexity index is 1580. The van der Waals surface area contributed by atoms with E-state index in [1.54, 1.807) is 11.9 Å². The van der Waals surface area contributed by atoms with E-state index in [0.717, 1.165) is 42.4 Å². The van der Waals surface area contributed by atoms with Crippen molar-refractivity contribution in [3.63, 3.8) is 0 Å². The molecular weight excluding hydrogens is 579 g/mol. The summed E-state index contributed by atoms with van der Waals surface area (Å²) in [6, 6.07) is 3.49. The van der Waals surface area contributed by atoms with Gasteiger partial charge in [-0.25, -0.2) is 13.8 Å². The number of hydrogen-bond acceptors (Lipinski definition) is 9. The lowest BCUT2D eigenvalue weighted by Gasteiger charge is -2.45. The number of amidine groups is 1. The quantitative estimate of drug-likeness (QED) is 0.359. The molecule has 4 heterocycles. The van der Waals surface area contributed by atoms with Gasteiger partial charge in [0.25, 0.3) is 6.02 Å². The van der Waals surface area contributed by atoms with Crippen LogP contribution in [0.5, 0.6) is 0 Å². The number of fused-ring (bicyclic) bond motifs is 4. The van der Waals surface area contributed by atoms with Gasteiger partial charge in [0.15, 0.2) is 10.9 Å². The third kappa shape index (κ3) is 4.59. The van der Waals surface area contributed by atoms with Gasteiger partial charge in [-0.2, -0.15) is 18.2 Å². The van der Waals surface area contributed by atoms with Gasteiger partial charge in [-0.05, 0) is 49.8 Å². The molecule has 1 aromatic heterocycles. The largest absolute Gasteiger partial charge is 0.465 e. The van der Waals surface area contributed by atoms with Gasteiger partial charge in [0.05, 0.1) is 28.5 Å². The molecule has 224 valence electrons. The summed E-state index contributed by atoms with van der Waals surface area (Å²) in [6.07, 6.45) is -3.05. The van der Waals surface area contributed by atoms with Crippen LogP contribution >= 0.6 is 11.3 Å². The molecular formula is C28H29F5N6O2S. The minimum absolute atomic E-state index is 0.0480. The molecule has 3 aliphatic heterocycles. The van der Waals surface area contributed by atoms with Crippen molar-refractivity contribution in [2.45, 2.75) is 56.2 Å². The maximum Gasteiger partial charge on any atom is 0.417 e. The summed E-state index contributed by atoms with van der Waals surface area (Å²) in [5, 5.41) is 13.2. The maximum atomic E-state index is 16.7. The molecule has 2 saturated heterocycles. The van der Waals surface area contributed by atoms with Gasteiger partial charge in [0, 0.05) is 48.9 Å². The number of benzene rings is 2. The Morgan fingerprint density at radius 3 is 2.55 bits per heavy atom. The summed E-state index contributed by atoms with van der Waals surface area (Å²) in [6.45, 7) is 1.36. The molecule has 2 bridgehead atoms. The zero-order chi connectivity index (χ0) is 29.5. The molecule has 0 amide bonds. The maximum absolute atomic E-state index is 16.7. The second-order valence-electron chi connectivity index (χ2n) is 11.6. The zero-order valence-corrected chi connectivity index (χ0v) is 23.4. The number of thiazole rings is 1. The molecule has 4 N–H and O–H groups in total. The van der Waals surface area contributed by atoms with Crippen molar-refractivity contribution >= 4 is 38.4 Å². The predicted octanol–water partition coefficient (Wildman–Crippen LogP) is 5.00. The summed E-state index contributed by atoms with van der Waals surface area (Å²) in [4.78, 5) is 12.2. The number of alkyl halides is 3. The number of ether oxygens (including phenoxy) is 1. The second kappa shape index (κ2) is 10.00. The number of anilines is 1. The van der Waals surface area contributed by atoms with Crippen molar-refractivity contribution in [3.8, 4) is 11.1 Å². The van der Waals surface area contributed by atoms with Gasteiger partial charge in [-0.15, -0.1) is 0 Å². The van der Waals surface area contributed by atoms with E-state index in [-0.39, 0.29) is 68.9 Å². The number of hydrogen-bond donors (Lipinski definition) is 3. The van der Waals surface area contributed by atoms with E-state index in [9.17, 15) is 22.7 Å². The number of nitrogens with zero attached hydrogens (tertiary/aromatic N) is 4. The number of likely N-dealkylation sites (tertiary alicyclic amines) is 1. The number of nitrogens with two attached hydrogens (primary N) is 1. The van der Waals surface area contributed by atoms with Gasteiger partial charge in [-0.3, -0.25) is 4.90 Å². The summed E-state index contributed by atoms with van der Waals surface area (Å²) in [5.74, 6) is -1.79. The average molecular weight is 609 g/mol. The minimum atomic E-state index is -4.94. The summed E-state index contributed by atoms with van der Waals surface area (Å²) in [7, 11) is 1.69. The van der Waals surface area contributed by atoms with Crippen molar-refractivity contribution in [3.05, 3.63) is 41.0 Å². The van der Waals surface area contributed by atoms with E-state index in [0.29, 0.717) is 25.9 Å². The first-order chi connectivity index (χ1) is 20.0. The molecule has 4 aliphatic rings. The lowest BCUT2D eigenvalue weighted by molar-refractivity contribution is -0.137. The summed E-state index contributed by atoms with van der Waals surface area (Å²) < 4.78 is 81.4. The topological polar surface area (TPSA) is 99.2 Å². The number of aliphatic hydroxyl groups is 1. The molecule has 0 spiro atoms. The summed E-state index contributed by atoms with van der Waals surface area (Å²) >= 11 is 0.782. The zero-order valence-electron chi connectivity index (χ0n) is 22.6. The highest BCUT2D eigenvalue weighted by Crippen LogP contribution is 2.50. The van der Waals surface area contributed by atoms with E-state index in [2.05, 4.69) is 20.2 Å². The van der Waals surface area contributed by atoms with Crippen LogP contribution in [0.4, 0.5) is 32.8 Å². The Morgan fingerprint density at radius 1 is 1.17 bits per heavy atom. The van der Waals surface area contributed by atoms with Gasteiger partial charge in [-0.1, -0.05) is 11.3 Å². The lowest BCUT2D eigenvalue weighted by atomic mass is 9.83. The number of nitrogens with one attached hydrogen (secondary N) is 1. The Kier molecular flexibility index (Phi) is 6.60. The molecule has 3 unspecified atom stereocenters. The van der Waals surface area contributed by atoms with Crippen molar-refractivity contribution in [1.82, 2.24) is 20.1 Å². The van der Waals surface area contributed by atoms with E-state index < -0.39 is 35.1 Å². The van der Waals surface area contributed by atoms with Crippen LogP contribution in [-0.2, 0) is 10.9 Å². The van der Waals surface area contributed by atoms with Crippen molar-refractivity contribution < 1.29 is 31.8 Å². The SMILES string of the molecule is CN1C(OCC2CC(O)C2)=Nc2c(cc(C(F)(F)F)c(-c3ccc(F)c4sc(N)nc34)c2F)C1N1CC2CCC(C1)N2. The fourth-order valence-electron chi connectivity index (χ4n) is 6.77. The second-order valence-corrected chi connectivity index (χ2v) is 12.7. The molecule has 3 fully saturated rings. The third-order valence-corrected chi connectivity index (χ3v) is 9.65. The average Bonchev–Trinajstić information content (AvgIpc) is 3.47. The van der Waals surface area contributed by atoms with Gasteiger partial charge >= 0.3 is 6.18 Å². The molecule has 2 aromatic carbocycles. The Balaban J connectivity index is 1.41. The lowest BCUT2D eigenvalue weighted by Crippen LogP contribution is -2.56. The smallest absolute Gasteiger partial charge is 0.417 e. The predicted molar refractivity (Wildman–Crippen MR) is 148 cm³/mol. The van der Waals surface area contributed by atoms with Crippen LogP contribution in [-0.4, -0.2) is 70.8 Å². The molecule has 7 rings (SSSR count). The van der Waals surface area contributed by atoms with Gasteiger partial charge < -0.3 is 25.8 Å². The third-order valence-electron chi connectivity index (χ3n) is 8.76. The normalized spacial score (nSPS) is 27.6. The molecule has 14 heteroatoms. The minimum Gasteiger partial charge on any atom is -0.465 e. The Hall–Kier alpha value is -3.07. The first-order valence-electron chi connectivity index (χ1n) is 13.9. The van der Waals surface area contributed by atoms with Crippen LogP contribution in [0.25, 0.3) is 21.3 Å². The van der Waals surface area contributed by atoms with E-state index in [4.69, 9.17) is 10.5 Å². The molecule has 0 radical (unpaired) electrons. The van der Waals surface area contributed by atoms with E-state index >= 15 is 4.39 Å². The molecule has 1 saturated carbocycles. The molecule has 8 nitrogen and oxygen atoms in total. The molecule has 3 atom stereocenters. The van der Waals surface area contributed by atoms with Crippen LogP contribution in [0.3, 0.4) is 0 Å². The fourth-order valence-corrected chi connectivity index (χ4v) is 7.54. The standard InChI is InChI=1S/C28H29F5N6O2S/c1-38-25(39-9-13-2-3-14(10-39)35-13)17-8-18(28(31,32)33)20(16-4-5-19(29)24-23(16)36-26(34)42-24)21(30)22(17)37-27(38)41-11-12-6-15(40)7-12/h4-5,8,12-15,25,35,40H,2-3,6-7,9-11H2,1H3,(H2,34,36). The number of halogens is 5. The summed E-state index contributed by atoms with van der Waals surface area (Å²) in [5.41, 5.74) is 3.28. The van der Waals surface area contributed by atoms with E-state index in [1.807, 2.05) is 0 Å². The fraction of sp³-hybridized carbons (Fsp3) is 0.500. The van der Waals surface area contributed by atoms with Crippen LogP contribution in [0.15, 0.2) is 23.2 Å². The van der Waals surface area contributed by atoms with Crippen molar-refractivity contribution in [2.24, 2.45) is 10.9 Å². The molecule has 42 heavy (non-hydrogen) atoms. The number of nitrogen functional groups attached to an aromatic ring is 1. The Morgan fingerprint density at radius 2 is 1.88 bits per heavy atom. The highest BCUT2D eigenvalue weighted by atomic mass is 32.1. The highest BCUT2D eigenvalue weighted by molar-refractivity contribution is 7.22. The Labute approximate surface area is 242 Å². The monoisotopic (exact) mass is 608 g/mol. The van der Waals surface area contributed by atoms with Crippen LogP contribution in [0.2, 0.25) is 0 Å². The van der Waals surface area contributed by atoms with Gasteiger partial charge in [0.1, 0.15) is 17.7 Å². The van der Waals surface area contributed by atoms with Gasteiger partial charge in [0.2, 0.25) is 0 Å².